The zero-order valence-electron chi connectivity index (χ0n) is 6.57. The highest BCUT2D eigenvalue weighted by Gasteiger charge is 1.98. The molecule has 3 N–H and O–H groups in total. The summed E-state index contributed by atoms with van der Waals surface area (Å²) in [5.74, 6) is -1.96. The molecule has 5 heteroatoms. The maximum Gasteiger partial charge on any atom is 0.328 e. The quantitative estimate of drug-likeness (QED) is 0.666. The molecule has 0 atom stereocenters. The van der Waals surface area contributed by atoms with Crippen LogP contribution in [0.15, 0.2) is 18.3 Å². The Labute approximate surface area is 73.5 Å². The maximum atomic E-state index is 12.7. The smallest absolute Gasteiger partial charge is 0.328 e. The molecule has 4 nitrogen and oxygen atoms in total. The van der Waals surface area contributed by atoms with Gasteiger partial charge in [-0.05, 0) is 17.7 Å². The number of hydrogen-bond donors (Lipinski definition) is 2. The Kier molecular flexibility index (Phi) is 2.59. The molecule has 13 heavy (non-hydrogen) atoms. The zero-order valence-corrected chi connectivity index (χ0v) is 6.57. The van der Waals surface area contributed by atoms with E-state index in [-0.39, 0.29) is 5.82 Å². The SMILES string of the molecule is Nc1ncc(C=CC(=O)O)cc1F. The molecular weight excluding hydrogens is 175 g/mol. The molecule has 0 aliphatic heterocycles. The van der Waals surface area contributed by atoms with Gasteiger partial charge in [-0.3, -0.25) is 0 Å². The van der Waals surface area contributed by atoms with Gasteiger partial charge in [0.1, 0.15) is 0 Å². The molecule has 1 rings (SSSR count). The molecule has 0 amide bonds. The molecule has 68 valence electrons. The fourth-order valence-corrected chi connectivity index (χ4v) is 0.722. The van der Waals surface area contributed by atoms with Gasteiger partial charge in [0.2, 0.25) is 0 Å². The first kappa shape index (κ1) is 9.18. The first-order valence-corrected chi connectivity index (χ1v) is 3.41. The zero-order chi connectivity index (χ0) is 9.84. The van der Waals surface area contributed by atoms with Gasteiger partial charge >= 0.3 is 5.97 Å². The minimum atomic E-state index is -1.10. The number of nitrogens with zero attached hydrogens (tertiary/aromatic N) is 1. The van der Waals surface area contributed by atoms with Gasteiger partial charge in [-0.1, -0.05) is 0 Å². The van der Waals surface area contributed by atoms with E-state index in [1.54, 1.807) is 0 Å². The van der Waals surface area contributed by atoms with Crippen molar-refractivity contribution in [2.45, 2.75) is 0 Å². The molecule has 0 saturated carbocycles. The van der Waals surface area contributed by atoms with Crippen molar-refractivity contribution in [2.24, 2.45) is 0 Å². The topological polar surface area (TPSA) is 76.2 Å². The van der Waals surface area contributed by atoms with Crippen LogP contribution in [0, 0.1) is 5.82 Å². The highest BCUT2D eigenvalue weighted by atomic mass is 19.1. The van der Waals surface area contributed by atoms with Crippen molar-refractivity contribution in [3.05, 3.63) is 29.7 Å². The van der Waals surface area contributed by atoms with Crippen LogP contribution < -0.4 is 5.73 Å². The number of aromatic nitrogens is 1. The van der Waals surface area contributed by atoms with Crippen LogP contribution in [0.4, 0.5) is 10.2 Å². The van der Waals surface area contributed by atoms with Crippen molar-refractivity contribution in [1.82, 2.24) is 4.98 Å². The third kappa shape index (κ3) is 2.55. The van der Waals surface area contributed by atoms with E-state index in [9.17, 15) is 9.18 Å². The highest BCUT2D eigenvalue weighted by Crippen LogP contribution is 2.09. The molecule has 0 bridgehead atoms. The van der Waals surface area contributed by atoms with Crippen LogP contribution in [-0.2, 0) is 4.79 Å². The monoisotopic (exact) mass is 182 g/mol. The molecule has 1 aromatic heterocycles. The van der Waals surface area contributed by atoms with E-state index in [4.69, 9.17) is 10.8 Å². The molecule has 0 aliphatic carbocycles. The Morgan fingerprint density at radius 2 is 2.38 bits per heavy atom. The number of carboxylic acids is 1. The lowest BCUT2D eigenvalue weighted by atomic mass is 10.2. The van der Waals surface area contributed by atoms with Crippen molar-refractivity contribution in [3.8, 4) is 0 Å². The van der Waals surface area contributed by atoms with E-state index in [0.29, 0.717) is 5.56 Å². The molecule has 1 aromatic rings. The maximum absolute atomic E-state index is 12.7. The Bertz CT molecular complexity index is 363. The van der Waals surface area contributed by atoms with Gasteiger partial charge in [0.05, 0.1) is 0 Å². The molecule has 0 saturated heterocycles. The fraction of sp³-hybridized carbons (Fsp3) is 0. The van der Waals surface area contributed by atoms with Crippen molar-refractivity contribution in [2.75, 3.05) is 5.73 Å². The van der Waals surface area contributed by atoms with Gasteiger partial charge in [0.25, 0.3) is 0 Å². The average Bonchev–Trinajstić information content (AvgIpc) is 2.07. The van der Waals surface area contributed by atoms with Crippen molar-refractivity contribution >= 4 is 17.9 Å². The largest absolute Gasteiger partial charge is 0.478 e. The average molecular weight is 182 g/mol. The minimum Gasteiger partial charge on any atom is -0.478 e. The summed E-state index contributed by atoms with van der Waals surface area (Å²) < 4.78 is 12.7. The Hall–Kier alpha value is -1.91. The molecule has 0 unspecified atom stereocenters. The minimum absolute atomic E-state index is 0.201. The number of nitrogens with two attached hydrogens (primary N) is 1. The van der Waals surface area contributed by atoms with E-state index in [0.717, 1.165) is 12.1 Å². The predicted octanol–water partition coefficient (Wildman–Crippen LogP) is 0.901. The summed E-state index contributed by atoms with van der Waals surface area (Å²) in [7, 11) is 0. The summed E-state index contributed by atoms with van der Waals surface area (Å²) in [5.41, 5.74) is 5.47. The lowest BCUT2D eigenvalue weighted by Crippen LogP contribution is -1.94. The van der Waals surface area contributed by atoms with Crippen LogP contribution in [0.2, 0.25) is 0 Å². The molecule has 0 aliphatic rings. The first-order chi connectivity index (χ1) is 6.09. The molecule has 0 radical (unpaired) electrons. The standard InChI is InChI=1S/C8H7FN2O2/c9-6-3-5(1-2-7(12)13)4-11-8(6)10/h1-4H,(H2,10,11)(H,12,13). The first-order valence-electron chi connectivity index (χ1n) is 3.41. The number of aliphatic carboxylic acids is 1. The van der Waals surface area contributed by atoms with Gasteiger partial charge in [-0.25, -0.2) is 14.2 Å². The number of pyridine rings is 1. The van der Waals surface area contributed by atoms with Gasteiger partial charge in [0.15, 0.2) is 11.6 Å². The van der Waals surface area contributed by atoms with Crippen LogP contribution >= 0.6 is 0 Å². The van der Waals surface area contributed by atoms with Crippen LogP contribution in [-0.4, -0.2) is 16.1 Å². The van der Waals surface area contributed by atoms with Crippen LogP contribution in [0.5, 0.6) is 0 Å². The summed E-state index contributed by atoms with van der Waals surface area (Å²) in [4.78, 5) is 13.6. The summed E-state index contributed by atoms with van der Waals surface area (Å²) >= 11 is 0. The summed E-state index contributed by atoms with van der Waals surface area (Å²) in [5, 5.41) is 8.27. The summed E-state index contributed by atoms with van der Waals surface area (Å²) in [6.07, 6.45) is 3.42. The second-order valence-corrected chi connectivity index (χ2v) is 2.31. The van der Waals surface area contributed by atoms with Crippen LogP contribution in [0.1, 0.15) is 5.56 Å². The number of anilines is 1. The van der Waals surface area contributed by atoms with E-state index >= 15 is 0 Å². The number of carbonyl (C=O) groups is 1. The van der Waals surface area contributed by atoms with Gasteiger partial charge in [-0.2, -0.15) is 0 Å². The van der Waals surface area contributed by atoms with E-state index in [1.165, 1.54) is 12.3 Å². The summed E-state index contributed by atoms with van der Waals surface area (Å²) in [6.45, 7) is 0. The fourth-order valence-electron chi connectivity index (χ4n) is 0.722. The molecule has 1 heterocycles. The Balaban J connectivity index is 2.92. The van der Waals surface area contributed by atoms with Crippen LogP contribution in [0.25, 0.3) is 6.08 Å². The Morgan fingerprint density at radius 1 is 1.69 bits per heavy atom. The van der Waals surface area contributed by atoms with E-state index < -0.39 is 11.8 Å². The van der Waals surface area contributed by atoms with E-state index in [2.05, 4.69) is 4.98 Å². The number of carboxylic acid groups (broad SMARTS) is 1. The van der Waals surface area contributed by atoms with Crippen LogP contribution in [0.3, 0.4) is 0 Å². The third-order valence-corrected chi connectivity index (χ3v) is 1.31. The second-order valence-electron chi connectivity index (χ2n) is 2.31. The highest BCUT2D eigenvalue weighted by molar-refractivity contribution is 5.85. The lowest BCUT2D eigenvalue weighted by molar-refractivity contribution is -0.131. The van der Waals surface area contributed by atoms with Gasteiger partial charge in [-0.15, -0.1) is 0 Å². The van der Waals surface area contributed by atoms with Gasteiger partial charge in [0, 0.05) is 12.3 Å². The number of halogens is 1. The summed E-state index contributed by atoms with van der Waals surface area (Å²) in [6, 6.07) is 1.11. The molecule has 0 aromatic carbocycles. The molecule has 0 spiro atoms. The van der Waals surface area contributed by atoms with Gasteiger partial charge < -0.3 is 10.8 Å². The predicted molar refractivity (Wildman–Crippen MR) is 45.3 cm³/mol. The van der Waals surface area contributed by atoms with Crippen molar-refractivity contribution < 1.29 is 14.3 Å². The van der Waals surface area contributed by atoms with Crippen molar-refractivity contribution in [3.63, 3.8) is 0 Å². The Morgan fingerprint density at radius 3 is 2.92 bits per heavy atom. The third-order valence-electron chi connectivity index (χ3n) is 1.31. The van der Waals surface area contributed by atoms with Crippen molar-refractivity contribution in [1.29, 1.82) is 0 Å². The number of rotatable bonds is 2. The lowest BCUT2D eigenvalue weighted by Gasteiger charge is -1.95. The number of hydrogen-bond acceptors (Lipinski definition) is 3. The molecular formula is C8H7FN2O2. The number of nitrogen functional groups attached to an aromatic ring is 1. The van der Waals surface area contributed by atoms with E-state index in [1.807, 2.05) is 0 Å². The second kappa shape index (κ2) is 3.66. The normalized spacial score (nSPS) is 10.5. The molecule has 0 fully saturated rings.